The number of nitrogens with zero attached hydrogens (tertiary/aromatic N) is 1. The van der Waals surface area contributed by atoms with E-state index in [2.05, 4.69) is 0 Å². The monoisotopic (exact) mass is 202 g/mol. The highest BCUT2D eigenvalue weighted by molar-refractivity contribution is 8.04. The topological polar surface area (TPSA) is 49.8 Å². The van der Waals surface area contributed by atoms with E-state index >= 15 is 0 Å². The summed E-state index contributed by atoms with van der Waals surface area (Å²) < 4.78 is 12.6. The summed E-state index contributed by atoms with van der Waals surface area (Å²) in [6.07, 6.45) is 0. The van der Waals surface area contributed by atoms with Gasteiger partial charge in [0.25, 0.3) is 0 Å². The summed E-state index contributed by atoms with van der Waals surface area (Å²) in [5, 5.41) is 10.3. The molecule has 0 aromatic heterocycles. The maximum Gasteiger partial charge on any atom is 0.138 e. The quantitative estimate of drug-likeness (QED) is 0.433. The molecule has 5 heteroatoms. The third-order valence-electron chi connectivity index (χ3n) is 1.18. The van der Waals surface area contributed by atoms with E-state index in [1.54, 1.807) is 0 Å². The Morgan fingerprint density at radius 2 is 2.25 bits per heavy atom. The van der Waals surface area contributed by atoms with Crippen LogP contribution in [-0.2, 0) is 0 Å². The molecule has 62 valence electrons. The van der Waals surface area contributed by atoms with E-state index in [4.69, 9.17) is 22.6 Å². The molecule has 0 fully saturated rings. The van der Waals surface area contributed by atoms with Gasteiger partial charge in [-0.1, -0.05) is 11.6 Å². The van der Waals surface area contributed by atoms with Crippen LogP contribution in [0.3, 0.4) is 0 Å². The molecule has 12 heavy (non-hydrogen) atoms. The van der Waals surface area contributed by atoms with Crippen molar-refractivity contribution >= 4 is 29.1 Å². The summed E-state index contributed by atoms with van der Waals surface area (Å²) in [5.74, 6) is -0.500. The number of benzene rings is 1. The molecule has 0 atom stereocenters. The van der Waals surface area contributed by atoms with Gasteiger partial charge in [0.1, 0.15) is 11.2 Å². The molecular formula is C7H4ClFN2S. The van der Waals surface area contributed by atoms with Crippen LogP contribution in [0.25, 0.3) is 0 Å². The minimum absolute atomic E-state index is 0.166. The first-order chi connectivity index (χ1) is 5.65. The molecule has 0 radical (unpaired) electrons. The lowest BCUT2D eigenvalue weighted by Crippen LogP contribution is -1.90. The minimum atomic E-state index is -0.500. The molecule has 0 bridgehead atoms. The van der Waals surface area contributed by atoms with E-state index in [-0.39, 0.29) is 10.7 Å². The summed E-state index contributed by atoms with van der Waals surface area (Å²) in [7, 11) is 0. The number of nitriles is 1. The van der Waals surface area contributed by atoms with E-state index in [9.17, 15) is 4.39 Å². The number of thioether (sulfide) groups is 1. The molecule has 1 aromatic rings. The lowest BCUT2D eigenvalue weighted by molar-refractivity contribution is 0.627. The highest BCUT2D eigenvalue weighted by Gasteiger charge is 2.07. The summed E-state index contributed by atoms with van der Waals surface area (Å²) in [6, 6.07) is 2.25. The molecule has 1 aromatic carbocycles. The second-order valence-electron chi connectivity index (χ2n) is 2.00. The fraction of sp³-hybridized carbons (Fsp3) is 0. The smallest absolute Gasteiger partial charge is 0.138 e. The van der Waals surface area contributed by atoms with Crippen molar-refractivity contribution in [1.82, 2.24) is 0 Å². The molecule has 0 heterocycles. The zero-order valence-electron chi connectivity index (χ0n) is 5.84. The van der Waals surface area contributed by atoms with Crippen LogP contribution in [0.15, 0.2) is 17.0 Å². The van der Waals surface area contributed by atoms with Gasteiger partial charge in [0.05, 0.1) is 15.6 Å². The van der Waals surface area contributed by atoms with E-state index in [0.717, 1.165) is 23.9 Å². The van der Waals surface area contributed by atoms with Gasteiger partial charge in [-0.15, -0.1) is 0 Å². The number of nitrogens with two attached hydrogens (primary N) is 1. The Labute approximate surface area is 78.1 Å². The van der Waals surface area contributed by atoms with Gasteiger partial charge in [-0.25, -0.2) is 4.39 Å². The van der Waals surface area contributed by atoms with Gasteiger partial charge in [-0.2, -0.15) is 5.26 Å². The van der Waals surface area contributed by atoms with Gasteiger partial charge < -0.3 is 5.73 Å². The summed E-state index contributed by atoms with van der Waals surface area (Å²) in [4.78, 5) is 0.403. The molecule has 2 nitrogen and oxygen atoms in total. The van der Waals surface area contributed by atoms with Crippen molar-refractivity contribution in [3.05, 3.63) is 23.0 Å². The molecule has 2 N–H and O–H groups in total. The average molecular weight is 203 g/mol. The predicted molar refractivity (Wildman–Crippen MR) is 47.3 cm³/mol. The van der Waals surface area contributed by atoms with Crippen LogP contribution < -0.4 is 5.73 Å². The molecule has 0 saturated heterocycles. The Morgan fingerprint density at radius 3 is 2.75 bits per heavy atom. The van der Waals surface area contributed by atoms with Crippen LogP contribution in [0.1, 0.15) is 0 Å². The van der Waals surface area contributed by atoms with Crippen molar-refractivity contribution in [2.24, 2.45) is 0 Å². The Bertz CT molecular complexity index is 325. The number of hydrogen-bond acceptors (Lipinski definition) is 3. The first kappa shape index (κ1) is 9.17. The zero-order valence-corrected chi connectivity index (χ0v) is 7.42. The number of nitrogen functional groups attached to an aromatic ring is 1. The van der Waals surface area contributed by atoms with Gasteiger partial charge in [-0.05, 0) is 23.9 Å². The highest BCUT2D eigenvalue weighted by Crippen LogP contribution is 2.32. The van der Waals surface area contributed by atoms with Crippen molar-refractivity contribution in [2.75, 3.05) is 5.73 Å². The van der Waals surface area contributed by atoms with Gasteiger partial charge in [0, 0.05) is 0 Å². The van der Waals surface area contributed by atoms with Gasteiger partial charge >= 0.3 is 0 Å². The molecule has 0 spiro atoms. The molecule has 0 amide bonds. The van der Waals surface area contributed by atoms with Crippen LogP contribution in [0.4, 0.5) is 10.1 Å². The Kier molecular flexibility index (Phi) is 2.79. The normalized spacial score (nSPS) is 9.42. The maximum atomic E-state index is 12.6. The molecule has 0 aliphatic rings. The fourth-order valence-electron chi connectivity index (χ4n) is 0.734. The van der Waals surface area contributed by atoms with E-state index < -0.39 is 5.82 Å². The first-order valence-corrected chi connectivity index (χ1v) is 4.15. The average Bonchev–Trinajstić information content (AvgIpc) is 1.96. The van der Waals surface area contributed by atoms with Crippen molar-refractivity contribution in [1.29, 1.82) is 5.26 Å². The number of hydrogen-bond donors (Lipinski definition) is 1. The van der Waals surface area contributed by atoms with E-state index in [0.29, 0.717) is 4.90 Å². The number of anilines is 1. The molecular weight excluding hydrogens is 199 g/mol. The number of thiocyanates is 1. The molecule has 0 aliphatic heterocycles. The van der Waals surface area contributed by atoms with Gasteiger partial charge in [0.15, 0.2) is 0 Å². The third kappa shape index (κ3) is 1.81. The van der Waals surface area contributed by atoms with Crippen LogP contribution in [0, 0.1) is 16.5 Å². The number of rotatable bonds is 1. The molecule has 0 saturated carbocycles. The van der Waals surface area contributed by atoms with Gasteiger partial charge in [0.2, 0.25) is 0 Å². The predicted octanol–water partition coefficient (Wildman–Crippen LogP) is 2.63. The first-order valence-electron chi connectivity index (χ1n) is 2.95. The van der Waals surface area contributed by atoms with Crippen molar-refractivity contribution < 1.29 is 4.39 Å². The minimum Gasteiger partial charge on any atom is -0.398 e. The lowest BCUT2D eigenvalue weighted by Gasteiger charge is -2.02. The van der Waals surface area contributed by atoms with Crippen molar-refractivity contribution in [2.45, 2.75) is 4.90 Å². The summed E-state index contributed by atoms with van der Waals surface area (Å²) in [6.45, 7) is 0. The molecule has 0 unspecified atom stereocenters. The fourth-order valence-corrected chi connectivity index (χ4v) is 1.49. The third-order valence-corrected chi connectivity index (χ3v) is 2.35. The second-order valence-corrected chi connectivity index (χ2v) is 3.20. The van der Waals surface area contributed by atoms with E-state index in [1.165, 1.54) is 0 Å². The Morgan fingerprint density at radius 1 is 1.58 bits per heavy atom. The second kappa shape index (κ2) is 3.65. The zero-order chi connectivity index (χ0) is 9.14. The molecule has 1 rings (SSSR count). The molecule has 0 aliphatic carbocycles. The Balaban J connectivity index is 3.21. The van der Waals surface area contributed by atoms with Crippen LogP contribution in [0.2, 0.25) is 5.02 Å². The highest BCUT2D eigenvalue weighted by atomic mass is 35.5. The Hall–Kier alpha value is -0.920. The largest absolute Gasteiger partial charge is 0.398 e. The number of halogens is 2. The van der Waals surface area contributed by atoms with Crippen LogP contribution in [-0.4, -0.2) is 0 Å². The lowest BCUT2D eigenvalue weighted by atomic mass is 10.3. The van der Waals surface area contributed by atoms with Crippen molar-refractivity contribution in [3.8, 4) is 5.40 Å². The SMILES string of the molecule is N#CSc1c(N)cc(F)cc1Cl. The van der Waals surface area contributed by atoms with Gasteiger partial charge in [-0.3, -0.25) is 0 Å². The maximum absolute atomic E-state index is 12.6. The summed E-state index contributed by atoms with van der Waals surface area (Å²) >= 11 is 6.44. The van der Waals surface area contributed by atoms with E-state index in [1.807, 2.05) is 5.40 Å². The van der Waals surface area contributed by atoms with Crippen LogP contribution in [0.5, 0.6) is 0 Å². The van der Waals surface area contributed by atoms with Crippen molar-refractivity contribution in [3.63, 3.8) is 0 Å². The van der Waals surface area contributed by atoms with Crippen LogP contribution >= 0.6 is 23.4 Å². The summed E-state index contributed by atoms with van der Waals surface area (Å²) in [5.41, 5.74) is 5.60. The standard InChI is InChI=1S/C7H4ClFN2S/c8-5-1-4(9)2-6(11)7(5)12-3-10/h1-2H,11H2.